The first kappa shape index (κ1) is 24.5. The highest BCUT2D eigenvalue weighted by molar-refractivity contribution is 6.12. The normalized spacial score (nSPS) is 15.2. The summed E-state index contributed by atoms with van der Waals surface area (Å²) in [6.07, 6.45) is 2.72. The fourth-order valence-electron chi connectivity index (χ4n) is 5.16. The molecule has 0 aliphatic carbocycles. The monoisotopic (exact) mass is 527 g/mol. The predicted octanol–water partition coefficient (Wildman–Crippen LogP) is 6.09. The highest BCUT2D eigenvalue weighted by atomic mass is 19.1. The molecule has 0 spiro atoms. The molecule has 0 saturated heterocycles. The molecule has 3 heterocycles. The van der Waals surface area contributed by atoms with Gasteiger partial charge in [0.05, 0.1) is 42.5 Å². The first-order valence-electron chi connectivity index (χ1n) is 12.4. The third kappa shape index (κ3) is 3.98. The van der Waals surface area contributed by atoms with Gasteiger partial charge in [-0.15, -0.1) is 0 Å². The molecule has 2 aliphatic rings. The molecule has 0 bridgehead atoms. The van der Waals surface area contributed by atoms with Gasteiger partial charge in [-0.05, 0) is 68.3 Å². The van der Waals surface area contributed by atoms with E-state index in [0.29, 0.717) is 29.3 Å². The minimum Gasteiger partial charge on any atom is -0.496 e. The quantitative estimate of drug-likeness (QED) is 0.248. The van der Waals surface area contributed by atoms with Crippen LogP contribution in [0.15, 0.2) is 71.5 Å². The number of aryl methyl sites for hydroxylation is 1. The molecule has 9 heteroatoms. The Morgan fingerprint density at radius 1 is 1.08 bits per heavy atom. The van der Waals surface area contributed by atoms with Gasteiger partial charge in [-0.2, -0.15) is 0 Å². The number of nitrogens with zero attached hydrogens (tertiary/aromatic N) is 2. The third-order valence-corrected chi connectivity index (χ3v) is 7.10. The molecule has 1 N–H and O–H groups in total. The van der Waals surface area contributed by atoms with E-state index in [-0.39, 0.29) is 11.7 Å². The summed E-state index contributed by atoms with van der Waals surface area (Å²) in [5, 5.41) is 6.84. The molecule has 1 amide bonds. The van der Waals surface area contributed by atoms with Gasteiger partial charge in [-0.1, -0.05) is 12.1 Å². The van der Waals surface area contributed by atoms with Gasteiger partial charge in [0.2, 0.25) is 0 Å². The maximum absolute atomic E-state index is 14.4. The first-order valence-corrected chi connectivity index (χ1v) is 12.4. The third-order valence-electron chi connectivity index (χ3n) is 7.10. The fraction of sp³-hybridized carbons (Fsp3) is 0.200. The Labute approximate surface area is 224 Å². The van der Waals surface area contributed by atoms with Gasteiger partial charge in [-0.25, -0.2) is 14.2 Å². The van der Waals surface area contributed by atoms with Crippen LogP contribution in [0.1, 0.15) is 35.3 Å². The van der Waals surface area contributed by atoms with Gasteiger partial charge in [-0.3, -0.25) is 9.80 Å². The Bertz CT molecular complexity index is 1630. The standard InChI is InChI=1S/C30H26FN3O5/c1-17-5-6-19(31)13-25(17)33-15-23-21(9-10-24-27(23)34(33)29(36)30(2,3)32-24)22-8-7-20(14-26(22)37-4)39-28(35)18-11-12-38-16-18/h5-14,16,32H,15H2,1-4H3. The maximum Gasteiger partial charge on any atom is 0.346 e. The van der Waals surface area contributed by atoms with Crippen molar-refractivity contribution >= 4 is 28.9 Å². The molecule has 1 aromatic heterocycles. The zero-order chi connectivity index (χ0) is 27.5. The van der Waals surface area contributed by atoms with E-state index in [1.807, 2.05) is 44.0 Å². The lowest BCUT2D eigenvalue weighted by molar-refractivity contribution is -0.122. The predicted molar refractivity (Wildman–Crippen MR) is 145 cm³/mol. The van der Waals surface area contributed by atoms with Crippen molar-refractivity contribution < 1.29 is 27.9 Å². The molecule has 2 aliphatic heterocycles. The van der Waals surface area contributed by atoms with Crippen molar-refractivity contribution in [1.29, 1.82) is 0 Å². The minimum atomic E-state index is -0.867. The van der Waals surface area contributed by atoms with Crippen molar-refractivity contribution in [2.75, 3.05) is 22.4 Å². The zero-order valence-electron chi connectivity index (χ0n) is 21.9. The van der Waals surface area contributed by atoms with E-state index < -0.39 is 11.5 Å². The summed E-state index contributed by atoms with van der Waals surface area (Å²) in [6, 6.07) is 15.2. The maximum atomic E-state index is 14.4. The lowest BCUT2D eigenvalue weighted by atomic mass is 9.93. The number of esters is 1. The summed E-state index contributed by atoms with van der Waals surface area (Å²) in [5.74, 6) is -0.270. The van der Waals surface area contributed by atoms with E-state index in [1.165, 1.54) is 30.7 Å². The van der Waals surface area contributed by atoms with Crippen LogP contribution in [0.2, 0.25) is 0 Å². The summed E-state index contributed by atoms with van der Waals surface area (Å²) < 4.78 is 30.5. The number of furan rings is 1. The Hall–Kier alpha value is -4.79. The van der Waals surface area contributed by atoms with Crippen LogP contribution in [-0.2, 0) is 11.3 Å². The largest absolute Gasteiger partial charge is 0.496 e. The fourth-order valence-corrected chi connectivity index (χ4v) is 5.16. The second kappa shape index (κ2) is 8.90. The van der Waals surface area contributed by atoms with Crippen LogP contribution in [0.5, 0.6) is 11.5 Å². The van der Waals surface area contributed by atoms with Gasteiger partial charge in [0.25, 0.3) is 5.91 Å². The SMILES string of the molecule is COc1cc(OC(=O)c2ccoc2)ccc1-c1ccc2c3c1CN(c1cc(F)ccc1C)N3C(=O)C(C)(C)N2. The number of carbonyl (C=O) groups is 2. The second-order valence-corrected chi connectivity index (χ2v) is 10.1. The minimum absolute atomic E-state index is 0.150. The van der Waals surface area contributed by atoms with E-state index in [4.69, 9.17) is 13.9 Å². The Morgan fingerprint density at radius 2 is 1.87 bits per heavy atom. The number of halogens is 1. The van der Waals surface area contributed by atoms with Crippen LogP contribution >= 0.6 is 0 Å². The van der Waals surface area contributed by atoms with E-state index in [1.54, 1.807) is 30.3 Å². The van der Waals surface area contributed by atoms with Gasteiger partial charge in [0.15, 0.2) is 0 Å². The molecule has 4 aromatic rings. The molecule has 198 valence electrons. The van der Waals surface area contributed by atoms with Crippen LogP contribution in [0, 0.1) is 12.7 Å². The van der Waals surface area contributed by atoms with Crippen molar-refractivity contribution in [2.24, 2.45) is 0 Å². The van der Waals surface area contributed by atoms with Crippen LogP contribution < -0.4 is 24.8 Å². The topological polar surface area (TPSA) is 84.2 Å². The average molecular weight is 528 g/mol. The molecule has 0 saturated carbocycles. The number of rotatable bonds is 5. The number of anilines is 3. The van der Waals surface area contributed by atoms with Gasteiger partial charge >= 0.3 is 5.97 Å². The number of carbonyl (C=O) groups excluding carboxylic acids is 2. The molecule has 3 aromatic carbocycles. The summed E-state index contributed by atoms with van der Waals surface area (Å²) >= 11 is 0. The highest BCUT2D eigenvalue weighted by Gasteiger charge is 2.47. The van der Waals surface area contributed by atoms with Crippen LogP contribution in [-0.4, -0.2) is 24.5 Å². The summed E-state index contributed by atoms with van der Waals surface area (Å²) in [4.78, 5) is 26.1. The van der Waals surface area contributed by atoms with E-state index in [9.17, 15) is 14.0 Å². The summed E-state index contributed by atoms with van der Waals surface area (Å²) in [7, 11) is 1.54. The molecule has 6 rings (SSSR count). The van der Waals surface area contributed by atoms with Crippen LogP contribution in [0.25, 0.3) is 11.1 Å². The first-order chi connectivity index (χ1) is 18.7. The van der Waals surface area contributed by atoms with E-state index in [2.05, 4.69) is 5.32 Å². The Morgan fingerprint density at radius 3 is 2.62 bits per heavy atom. The van der Waals surface area contributed by atoms with E-state index >= 15 is 0 Å². The molecular weight excluding hydrogens is 501 g/mol. The highest BCUT2D eigenvalue weighted by Crippen LogP contribution is 2.50. The number of hydrogen-bond donors (Lipinski definition) is 1. The van der Waals surface area contributed by atoms with E-state index in [0.717, 1.165) is 33.6 Å². The van der Waals surface area contributed by atoms with Crippen molar-refractivity contribution in [3.63, 3.8) is 0 Å². The smallest absolute Gasteiger partial charge is 0.346 e. The lowest BCUT2D eigenvalue weighted by Crippen LogP contribution is -2.57. The van der Waals surface area contributed by atoms with Crippen LogP contribution in [0.3, 0.4) is 0 Å². The van der Waals surface area contributed by atoms with Gasteiger partial charge in [0.1, 0.15) is 29.1 Å². The summed E-state index contributed by atoms with van der Waals surface area (Å²) in [6.45, 7) is 5.89. The summed E-state index contributed by atoms with van der Waals surface area (Å²) in [5.41, 5.74) is 4.90. The lowest BCUT2D eigenvalue weighted by Gasteiger charge is -2.41. The van der Waals surface area contributed by atoms with Crippen molar-refractivity contribution in [3.8, 4) is 22.6 Å². The van der Waals surface area contributed by atoms with Crippen molar-refractivity contribution in [1.82, 2.24) is 0 Å². The molecule has 0 fully saturated rings. The van der Waals surface area contributed by atoms with Gasteiger partial charge in [0, 0.05) is 17.2 Å². The zero-order valence-corrected chi connectivity index (χ0v) is 21.9. The Kier molecular flexibility index (Phi) is 5.60. The van der Waals surface area contributed by atoms with Gasteiger partial charge < -0.3 is 19.2 Å². The number of benzene rings is 3. The number of methoxy groups -OCH3 is 1. The number of amides is 1. The number of hydrogen-bond acceptors (Lipinski definition) is 7. The van der Waals surface area contributed by atoms with Crippen molar-refractivity contribution in [3.05, 3.63) is 89.6 Å². The molecule has 0 atom stereocenters. The van der Waals surface area contributed by atoms with Crippen molar-refractivity contribution in [2.45, 2.75) is 32.9 Å². The van der Waals surface area contributed by atoms with Crippen LogP contribution in [0.4, 0.5) is 21.5 Å². The Balaban J connectivity index is 1.45. The molecule has 0 unspecified atom stereocenters. The molecule has 0 radical (unpaired) electrons. The molecule has 8 nitrogen and oxygen atoms in total. The number of nitrogens with one attached hydrogen (secondary N) is 1. The number of hydrazine groups is 1. The molecular formula is C30H26FN3O5. The molecule has 39 heavy (non-hydrogen) atoms. The average Bonchev–Trinajstić information content (AvgIpc) is 3.58. The number of ether oxygens (including phenoxy) is 2. The second-order valence-electron chi connectivity index (χ2n) is 10.1.